The first-order valence-corrected chi connectivity index (χ1v) is 8.07. The highest BCUT2D eigenvalue weighted by atomic mass is 32.2. The Hall–Kier alpha value is -1.08. The SMILES string of the molecule is CCC1(CC)CCN(S(=O)(=O)c2c(N)ncn2C)C1. The van der Waals surface area contributed by atoms with Crippen LogP contribution in [-0.2, 0) is 17.1 Å². The van der Waals surface area contributed by atoms with Crippen molar-refractivity contribution in [2.24, 2.45) is 12.5 Å². The van der Waals surface area contributed by atoms with Crippen LogP contribution in [0.4, 0.5) is 5.82 Å². The van der Waals surface area contributed by atoms with Crippen LogP contribution >= 0.6 is 0 Å². The smallest absolute Gasteiger partial charge is 0.262 e. The zero-order chi connectivity index (χ0) is 14.3. The molecule has 1 aliphatic heterocycles. The van der Waals surface area contributed by atoms with E-state index in [-0.39, 0.29) is 16.3 Å². The third-order valence-electron chi connectivity index (χ3n) is 4.40. The maximum atomic E-state index is 12.6. The summed E-state index contributed by atoms with van der Waals surface area (Å²) < 4.78 is 28.3. The van der Waals surface area contributed by atoms with E-state index in [1.54, 1.807) is 11.4 Å². The molecule has 6 nitrogen and oxygen atoms in total. The van der Waals surface area contributed by atoms with Crippen molar-refractivity contribution in [3.63, 3.8) is 0 Å². The van der Waals surface area contributed by atoms with Gasteiger partial charge in [0.05, 0.1) is 6.33 Å². The zero-order valence-electron chi connectivity index (χ0n) is 11.8. The summed E-state index contributed by atoms with van der Waals surface area (Å²) in [5.41, 5.74) is 5.80. The van der Waals surface area contributed by atoms with Crippen molar-refractivity contribution in [3.05, 3.63) is 6.33 Å². The highest BCUT2D eigenvalue weighted by molar-refractivity contribution is 7.89. The molecule has 1 aromatic heterocycles. The van der Waals surface area contributed by atoms with Gasteiger partial charge in [0, 0.05) is 20.1 Å². The fourth-order valence-corrected chi connectivity index (χ4v) is 4.55. The van der Waals surface area contributed by atoms with Gasteiger partial charge in [0.15, 0.2) is 10.8 Å². The van der Waals surface area contributed by atoms with Gasteiger partial charge in [-0.1, -0.05) is 13.8 Å². The molecule has 0 bridgehead atoms. The Labute approximate surface area is 114 Å². The first kappa shape index (κ1) is 14.3. The predicted octanol–water partition coefficient (Wildman–Crippen LogP) is 1.20. The maximum absolute atomic E-state index is 12.6. The molecule has 7 heteroatoms. The summed E-state index contributed by atoms with van der Waals surface area (Å²) in [6, 6.07) is 0. The third-order valence-corrected chi connectivity index (χ3v) is 6.37. The number of hydrogen-bond acceptors (Lipinski definition) is 4. The van der Waals surface area contributed by atoms with E-state index in [0.717, 1.165) is 19.3 Å². The Morgan fingerprint density at radius 1 is 1.42 bits per heavy atom. The molecule has 0 radical (unpaired) electrons. The van der Waals surface area contributed by atoms with Gasteiger partial charge in [-0.05, 0) is 24.7 Å². The Balaban J connectivity index is 2.33. The summed E-state index contributed by atoms with van der Waals surface area (Å²) in [6.07, 6.45) is 4.34. The first-order chi connectivity index (χ1) is 8.86. The summed E-state index contributed by atoms with van der Waals surface area (Å²) in [7, 11) is -1.89. The lowest BCUT2D eigenvalue weighted by molar-refractivity contribution is 0.279. The van der Waals surface area contributed by atoms with Crippen molar-refractivity contribution < 1.29 is 8.42 Å². The van der Waals surface area contributed by atoms with Gasteiger partial charge in [0.1, 0.15) is 0 Å². The van der Waals surface area contributed by atoms with Crippen LogP contribution in [0.5, 0.6) is 0 Å². The van der Waals surface area contributed by atoms with Crippen LogP contribution in [0.2, 0.25) is 0 Å². The lowest BCUT2D eigenvalue weighted by Gasteiger charge is -2.26. The molecule has 108 valence electrons. The van der Waals surface area contributed by atoms with E-state index in [9.17, 15) is 8.42 Å². The van der Waals surface area contributed by atoms with Crippen molar-refractivity contribution in [1.29, 1.82) is 0 Å². The Morgan fingerprint density at radius 2 is 2.05 bits per heavy atom. The largest absolute Gasteiger partial charge is 0.381 e. The average Bonchev–Trinajstić information content (AvgIpc) is 2.95. The van der Waals surface area contributed by atoms with E-state index in [2.05, 4.69) is 18.8 Å². The molecule has 0 aliphatic carbocycles. The normalized spacial score (nSPS) is 19.9. The van der Waals surface area contributed by atoms with Crippen LogP contribution in [0.3, 0.4) is 0 Å². The second-order valence-corrected chi connectivity index (χ2v) is 7.19. The van der Waals surface area contributed by atoms with E-state index in [4.69, 9.17) is 5.73 Å². The molecule has 1 fully saturated rings. The third kappa shape index (κ3) is 2.25. The van der Waals surface area contributed by atoms with Crippen molar-refractivity contribution in [2.75, 3.05) is 18.8 Å². The Kier molecular flexibility index (Phi) is 3.61. The van der Waals surface area contributed by atoms with Gasteiger partial charge < -0.3 is 10.3 Å². The molecule has 0 aromatic carbocycles. The Bertz CT molecular complexity index is 541. The molecule has 19 heavy (non-hydrogen) atoms. The standard InChI is InChI=1S/C12H22N4O2S/c1-4-12(5-2)6-7-16(8-12)19(17,18)11-10(13)14-9-15(11)3/h9H,4-8,13H2,1-3H3. The molecule has 0 saturated carbocycles. The van der Waals surface area contributed by atoms with Gasteiger partial charge in [-0.2, -0.15) is 4.31 Å². The second-order valence-electron chi connectivity index (χ2n) is 5.34. The number of nitrogens with zero attached hydrogens (tertiary/aromatic N) is 3. The van der Waals surface area contributed by atoms with Gasteiger partial charge in [-0.15, -0.1) is 0 Å². The molecule has 0 spiro atoms. The quantitative estimate of drug-likeness (QED) is 0.902. The number of hydrogen-bond donors (Lipinski definition) is 1. The lowest BCUT2D eigenvalue weighted by atomic mass is 9.82. The first-order valence-electron chi connectivity index (χ1n) is 6.63. The number of sulfonamides is 1. The molecule has 0 amide bonds. The monoisotopic (exact) mass is 286 g/mol. The number of aromatic nitrogens is 2. The molecule has 1 saturated heterocycles. The van der Waals surface area contributed by atoms with Crippen molar-refractivity contribution in [3.8, 4) is 0 Å². The molecule has 2 rings (SSSR count). The summed E-state index contributed by atoms with van der Waals surface area (Å²) in [4.78, 5) is 3.87. The van der Waals surface area contributed by atoms with Crippen molar-refractivity contribution >= 4 is 15.8 Å². The van der Waals surface area contributed by atoms with E-state index in [1.165, 1.54) is 10.9 Å². The number of rotatable bonds is 4. The summed E-state index contributed by atoms with van der Waals surface area (Å²) in [6.45, 7) is 5.39. The number of aryl methyl sites for hydroxylation is 1. The van der Waals surface area contributed by atoms with E-state index < -0.39 is 10.0 Å². The fourth-order valence-electron chi connectivity index (χ4n) is 2.80. The molecule has 1 aliphatic rings. The molecular formula is C12H22N4O2S. The molecule has 2 N–H and O–H groups in total. The minimum Gasteiger partial charge on any atom is -0.381 e. The molecule has 0 atom stereocenters. The van der Waals surface area contributed by atoms with Crippen molar-refractivity contribution in [1.82, 2.24) is 13.9 Å². The van der Waals surface area contributed by atoms with Crippen molar-refractivity contribution in [2.45, 2.75) is 38.1 Å². The summed E-state index contributed by atoms with van der Waals surface area (Å²) in [5, 5.41) is 0.107. The highest BCUT2D eigenvalue weighted by Crippen LogP contribution is 2.39. The van der Waals surface area contributed by atoms with Crippen LogP contribution in [0.15, 0.2) is 11.4 Å². The number of nitrogens with two attached hydrogens (primary N) is 1. The number of nitrogen functional groups attached to an aromatic ring is 1. The maximum Gasteiger partial charge on any atom is 0.262 e. The van der Waals surface area contributed by atoms with Crippen LogP contribution in [0.25, 0.3) is 0 Å². The van der Waals surface area contributed by atoms with Gasteiger partial charge in [0.2, 0.25) is 0 Å². The minimum absolute atomic E-state index is 0.0768. The van der Waals surface area contributed by atoms with Gasteiger partial charge in [0.25, 0.3) is 10.0 Å². The van der Waals surface area contributed by atoms with Crippen LogP contribution < -0.4 is 5.73 Å². The van der Waals surface area contributed by atoms with Gasteiger partial charge in [-0.3, -0.25) is 0 Å². The topological polar surface area (TPSA) is 81.2 Å². The lowest BCUT2D eigenvalue weighted by Crippen LogP contribution is -2.33. The number of anilines is 1. The molecule has 1 aromatic rings. The predicted molar refractivity (Wildman–Crippen MR) is 74.0 cm³/mol. The zero-order valence-corrected chi connectivity index (χ0v) is 12.6. The summed E-state index contributed by atoms with van der Waals surface area (Å²) in [5.74, 6) is 0.0768. The van der Waals surface area contributed by atoms with Crippen LogP contribution in [-0.4, -0.2) is 35.4 Å². The molecular weight excluding hydrogens is 264 g/mol. The molecule has 0 unspecified atom stereocenters. The van der Waals surface area contributed by atoms with E-state index in [1.807, 2.05) is 0 Å². The van der Waals surface area contributed by atoms with Gasteiger partial charge in [-0.25, -0.2) is 13.4 Å². The minimum atomic E-state index is -3.54. The molecule has 2 heterocycles. The average molecular weight is 286 g/mol. The van der Waals surface area contributed by atoms with Crippen LogP contribution in [0, 0.1) is 5.41 Å². The Morgan fingerprint density at radius 3 is 2.47 bits per heavy atom. The van der Waals surface area contributed by atoms with Crippen LogP contribution in [0.1, 0.15) is 33.1 Å². The van der Waals surface area contributed by atoms with Gasteiger partial charge >= 0.3 is 0 Å². The fraction of sp³-hybridized carbons (Fsp3) is 0.750. The number of imidazole rings is 1. The second kappa shape index (κ2) is 4.79. The highest BCUT2D eigenvalue weighted by Gasteiger charge is 2.42. The summed E-state index contributed by atoms with van der Waals surface area (Å²) >= 11 is 0. The van der Waals surface area contributed by atoms with E-state index in [0.29, 0.717) is 13.1 Å². The van der Waals surface area contributed by atoms with E-state index >= 15 is 0 Å².